The summed E-state index contributed by atoms with van der Waals surface area (Å²) in [5, 5.41) is 9.26. The minimum absolute atomic E-state index is 0.0765. The first kappa shape index (κ1) is 34.2. The van der Waals surface area contributed by atoms with Crippen molar-refractivity contribution in [1.82, 2.24) is 0 Å². The molecule has 0 amide bonds. The van der Waals surface area contributed by atoms with Crippen LogP contribution >= 0.6 is 0 Å². The topological polar surface area (TPSA) is 220 Å². The van der Waals surface area contributed by atoms with Gasteiger partial charge in [-0.25, -0.2) is 4.79 Å². The van der Waals surface area contributed by atoms with Crippen molar-refractivity contribution in [3.8, 4) is 11.5 Å². The van der Waals surface area contributed by atoms with Crippen LogP contribution in [0.3, 0.4) is 0 Å². The maximum Gasteiger partial charge on any atom is 0.336 e. The van der Waals surface area contributed by atoms with E-state index in [4.69, 9.17) is 47.5 Å². The molecule has 43 heavy (non-hydrogen) atoms. The standard InChI is InChI=1S/C25H26O14.C2H4O2/c1-11(26)32-10-20-22(34-13(3)28)23(35-14(4)29)24(36-15(5)30)25(39-20)38-18-8-16-6-7-21(31)37-17(16)9-19(18)33-12(2)27;1-2(3)4/h6-9,20,22-25H,10H2,1-5H3;1H3,(H,3,4)/p-1/t20-,22-,23+,24-,25-;/m1./s1. The van der Waals surface area contributed by atoms with Gasteiger partial charge < -0.3 is 47.5 Å². The first-order valence-corrected chi connectivity index (χ1v) is 12.5. The van der Waals surface area contributed by atoms with Crippen LogP contribution in [0, 0.1) is 0 Å². The van der Waals surface area contributed by atoms with Crippen LogP contribution in [0.25, 0.3) is 11.0 Å². The van der Waals surface area contributed by atoms with Gasteiger partial charge >= 0.3 is 35.5 Å². The number of ether oxygens (including phenoxy) is 7. The van der Waals surface area contributed by atoms with Crippen molar-refractivity contribution in [2.24, 2.45) is 0 Å². The summed E-state index contributed by atoms with van der Waals surface area (Å²) >= 11 is 0. The third-order valence-corrected chi connectivity index (χ3v) is 5.13. The summed E-state index contributed by atoms with van der Waals surface area (Å²) in [6.45, 7) is 6.03. The molecule has 2 heterocycles. The quantitative estimate of drug-likeness (QED) is 0.165. The number of benzene rings is 1. The van der Waals surface area contributed by atoms with Gasteiger partial charge in [-0.05, 0) is 19.1 Å². The summed E-state index contributed by atoms with van der Waals surface area (Å²) in [4.78, 5) is 79.7. The van der Waals surface area contributed by atoms with Gasteiger partial charge in [0.2, 0.25) is 12.4 Å². The normalized spacial score (nSPS) is 20.8. The van der Waals surface area contributed by atoms with Crippen molar-refractivity contribution >= 4 is 46.8 Å². The van der Waals surface area contributed by atoms with E-state index < -0.39 is 78.8 Å². The van der Waals surface area contributed by atoms with E-state index in [1.54, 1.807) is 0 Å². The zero-order valence-corrected chi connectivity index (χ0v) is 23.9. The van der Waals surface area contributed by atoms with Gasteiger partial charge in [0.15, 0.2) is 23.7 Å². The molecule has 0 bridgehead atoms. The molecule has 0 N–H and O–H groups in total. The molecule has 0 saturated carbocycles. The molecule has 0 radical (unpaired) electrons. The lowest BCUT2D eigenvalue weighted by molar-refractivity contribution is -0.302. The Hall–Kier alpha value is -4.99. The van der Waals surface area contributed by atoms with Crippen LogP contribution in [0.2, 0.25) is 0 Å². The number of carboxylic acid groups (broad SMARTS) is 1. The number of fused-ring (bicyclic) bond motifs is 1. The zero-order chi connectivity index (χ0) is 32.4. The second kappa shape index (κ2) is 15.3. The Bertz CT molecular complexity index is 1420. The van der Waals surface area contributed by atoms with Crippen molar-refractivity contribution in [1.29, 1.82) is 0 Å². The number of rotatable bonds is 8. The number of carbonyl (C=O) groups is 6. The van der Waals surface area contributed by atoms with Crippen LogP contribution in [0.5, 0.6) is 11.5 Å². The van der Waals surface area contributed by atoms with Crippen LogP contribution in [0.4, 0.5) is 0 Å². The highest BCUT2D eigenvalue weighted by atomic mass is 16.7. The molecule has 0 aliphatic carbocycles. The summed E-state index contributed by atoms with van der Waals surface area (Å²) < 4.78 is 43.3. The number of carbonyl (C=O) groups excluding carboxylic acids is 6. The number of hydrogen-bond acceptors (Lipinski definition) is 16. The molecule has 234 valence electrons. The summed E-state index contributed by atoms with van der Waals surface area (Å²) in [7, 11) is 0. The molecule has 5 atom stereocenters. The van der Waals surface area contributed by atoms with Gasteiger partial charge in [0, 0.05) is 58.1 Å². The van der Waals surface area contributed by atoms with Crippen LogP contribution in [0.1, 0.15) is 41.5 Å². The maximum absolute atomic E-state index is 12.0. The smallest absolute Gasteiger partial charge is 0.336 e. The lowest BCUT2D eigenvalue weighted by Crippen LogP contribution is -2.63. The largest absolute Gasteiger partial charge is 0.550 e. The molecule has 1 aromatic heterocycles. The van der Waals surface area contributed by atoms with Crippen LogP contribution < -0.4 is 20.2 Å². The monoisotopic (exact) mass is 609 g/mol. The van der Waals surface area contributed by atoms with E-state index in [-0.39, 0.29) is 17.1 Å². The fourth-order valence-electron chi connectivity index (χ4n) is 3.81. The minimum Gasteiger partial charge on any atom is -0.550 e. The van der Waals surface area contributed by atoms with Crippen LogP contribution in [-0.2, 0) is 52.5 Å². The molecular weight excluding hydrogens is 580 g/mol. The van der Waals surface area contributed by atoms with E-state index in [1.807, 2.05) is 0 Å². The first-order chi connectivity index (χ1) is 20.1. The second-order valence-electron chi connectivity index (χ2n) is 8.86. The van der Waals surface area contributed by atoms with Gasteiger partial charge in [-0.15, -0.1) is 0 Å². The number of carboxylic acids is 1. The lowest BCUT2D eigenvalue weighted by Gasteiger charge is -2.44. The van der Waals surface area contributed by atoms with Crippen molar-refractivity contribution in [2.75, 3.05) is 6.61 Å². The van der Waals surface area contributed by atoms with E-state index in [0.717, 1.165) is 47.6 Å². The Morgan fingerprint density at radius 3 is 1.84 bits per heavy atom. The number of aliphatic carboxylic acids is 1. The molecule has 1 aromatic carbocycles. The molecule has 16 nitrogen and oxygen atoms in total. The molecule has 1 fully saturated rings. The summed E-state index contributed by atoms with van der Waals surface area (Å²) in [5.41, 5.74) is -0.572. The molecule has 1 aliphatic rings. The Labute approximate surface area is 243 Å². The highest BCUT2D eigenvalue weighted by Crippen LogP contribution is 2.37. The Balaban J connectivity index is 0.00000151. The van der Waals surface area contributed by atoms with E-state index in [9.17, 15) is 28.8 Å². The first-order valence-electron chi connectivity index (χ1n) is 12.5. The third kappa shape index (κ3) is 10.7. The Morgan fingerprint density at radius 1 is 0.744 bits per heavy atom. The van der Waals surface area contributed by atoms with Crippen molar-refractivity contribution in [3.63, 3.8) is 0 Å². The molecule has 1 aliphatic heterocycles. The number of esters is 5. The molecule has 2 aromatic rings. The van der Waals surface area contributed by atoms with Gasteiger partial charge in [-0.2, -0.15) is 0 Å². The van der Waals surface area contributed by atoms with Crippen molar-refractivity contribution < 1.29 is 71.4 Å². The lowest BCUT2D eigenvalue weighted by atomic mass is 9.98. The van der Waals surface area contributed by atoms with E-state index in [2.05, 4.69) is 0 Å². The van der Waals surface area contributed by atoms with Gasteiger partial charge in [0.1, 0.15) is 18.3 Å². The molecule has 16 heteroatoms. The number of hydrogen-bond donors (Lipinski definition) is 0. The predicted molar refractivity (Wildman–Crippen MR) is 137 cm³/mol. The van der Waals surface area contributed by atoms with Gasteiger partial charge in [0.05, 0.1) is 0 Å². The highest BCUT2D eigenvalue weighted by molar-refractivity contribution is 5.82. The SMILES string of the molecule is CC(=O)OC[C@H]1O[C@@H](Oc2cc3ccc(=O)oc3cc2OC(C)=O)[C@H](OC(C)=O)[C@@H](OC(C)=O)[C@@H]1OC(C)=O.CC(=O)[O-]. The van der Waals surface area contributed by atoms with Crippen LogP contribution in [0.15, 0.2) is 33.5 Å². The van der Waals surface area contributed by atoms with Crippen molar-refractivity contribution in [2.45, 2.75) is 72.2 Å². The average Bonchev–Trinajstić information content (AvgIpc) is 2.85. The molecule has 1 saturated heterocycles. The summed E-state index contributed by atoms with van der Waals surface area (Å²) in [6.07, 6.45) is -7.19. The average molecular weight is 610 g/mol. The predicted octanol–water partition coefficient (Wildman–Crippen LogP) is -0.0636. The maximum atomic E-state index is 12.0. The summed E-state index contributed by atoms with van der Waals surface area (Å²) in [6, 6.07) is 5.19. The molecule has 0 unspecified atom stereocenters. The van der Waals surface area contributed by atoms with Gasteiger partial charge in [-0.3, -0.25) is 24.0 Å². The fraction of sp³-hybridized carbons (Fsp3) is 0.444. The fourth-order valence-corrected chi connectivity index (χ4v) is 3.81. The Morgan fingerprint density at radius 2 is 1.30 bits per heavy atom. The summed E-state index contributed by atoms with van der Waals surface area (Å²) in [5.74, 6) is -5.24. The second-order valence-corrected chi connectivity index (χ2v) is 8.86. The van der Waals surface area contributed by atoms with E-state index >= 15 is 0 Å². The van der Waals surface area contributed by atoms with Gasteiger partial charge in [-0.1, -0.05) is 0 Å². The molecule has 0 spiro atoms. The third-order valence-electron chi connectivity index (χ3n) is 5.13. The van der Waals surface area contributed by atoms with E-state index in [0.29, 0.717) is 5.39 Å². The van der Waals surface area contributed by atoms with E-state index in [1.165, 1.54) is 18.2 Å². The minimum atomic E-state index is -1.58. The van der Waals surface area contributed by atoms with Gasteiger partial charge in [0.25, 0.3) is 0 Å². The van der Waals surface area contributed by atoms with Crippen molar-refractivity contribution in [3.05, 3.63) is 34.7 Å². The molecule has 3 rings (SSSR count). The van der Waals surface area contributed by atoms with Crippen LogP contribution in [-0.4, -0.2) is 73.1 Å². The molecular formula is C27H29O16-. The zero-order valence-electron chi connectivity index (χ0n) is 23.9. The highest BCUT2D eigenvalue weighted by Gasteiger charge is 2.53. The Kier molecular flexibility index (Phi) is 12.2.